The molecule has 2 aliphatic rings. The molecule has 0 atom stereocenters. The number of carbonyl (C=O) groups excluding carboxylic acids is 1. The van der Waals surface area contributed by atoms with Gasteiger partial charge in [0.1, 0.15) is 11.6 Å². The number of rotatable bonds is 7. The summed E-state index contributed by atoms with van der Waals surface area (Å²) in [6.45, 7) is 5.32. The van der Waals surface area contributed by atoms with Crippen LogP contribution in [0.4, 0.5) is 11.5 Å². The molecule has 1 aromatic carbocycles. The highest BCUT2D eigenvalue weighted by Gasteiger charge is 2.24. The smallest absolute Gasteiger partial charge is 0.255 e. The molecule has 1 fully saturated rings. The van der Waals surface area contributed by atoms with Crippen molar-refractivity contribution in [3.63, 3.8) is 0 Å². The highest BCUT2D eigenvalue weighted by molar-refractivity contribution is 6.05. The number of hydrogen-bond donors (Lipinski definition) is 0. The van der Waals surface area contributed by atoms with Gasteiger partial charge in [0.15, 0.2) is 0 Å². The Hall–Kier alpha value is -2.86. The third kappa shape index (κ3) is 5.25. The number of allylic oxidation sites excluding steroid dienone is 1. The highest BCUT2D eigenvalue weighted by Crippen LogP contribution is 2.28. The number of anilines is 2. The van der Waals surface area contributed by atoms with E-state index in [-0.39, 0.29) is 5.91 Å². The second kappa shape index (κ2) is 10.4. The van der Waals surface area contributed by atoms with Gasteiger partial charge in [-0.05, 0) is 49.9 Å². The minimum Gasteiger partial charge on any atom is -0.495 e. The molecule has 0 N–H and O–H groups in total. The van der Waals surface area contributed by atoms with Crippen molar-refractivity contribution < 1.29 is 9.53 Å². The number of ether oxygens (including phenoxy) is 1. The van der Waals surface area contributed by atoms with E-state index in [4.69, 9.17) is 4.74 Å². The summed E-state index contributed by atoms with van der Waals surface area (Å²) in [5, 5.41) is 0. The van der Waals surface area contributed by atoms with Gasteiger partial charge < -0.3 is 9.64 Å². The lowest BCUT2D eigenvalue weighted by atomic mass is 9.98. The predicted octanol–water partition coefficient (Wildman–Crippen LogP) is 3.75. The zero-order valence-electron chi connectivity index (χ0n) is 18.4. The maximum absolute atomic E-state index is 13.3. The monoisotopic (exact) mass is 420 g/mol. The van der Waals surface area contributed by atoms with Gasteiger partial charge >= 0.3 is 0 Å². The van der Waals surface area contributed by atoms with Crippen molar-refractivity contribution in [2.24, 2.45) is 0 Å². The molecule has 0 saturated carbocycles. The van der Waals surface area contributed by atoms with Gasteiger partial charge in [-0.2, -0.15) is 0 Å². The standard InChI is InChI=1S/C25H32N4O2/c1-31-23-12-6-5-11-22(23)28-18-15-27(16-19-28)17-20-29(24-13-7-8-14-26-24)25(30)21-9-3-2-4-10-21/h5-9,11-14H,2-4,10,15-20H2,1H3. The molecule has 1 aromatic heterocycles. The number of amides is 1. The van der Waals surface area contributed by atoms with Gasteiger partial charge in [0.2, 0.25) is 0 Å². The van der Waals surface area contributed by atoms with E-state index in [0.29, 0.717) is 6.54 Å². The van der Waals surface area contributed by atoms with E-state index in [9.17, 15) is 4.79 Å². The number of piperazine rings is 1. The molecule has 0 bridgehead atoms. The number of hydrogen-bond acceptors (Lipinski definition) is 5. The van der Waals surface area contributed by atoms with E-state index < -0.39 is 0 Å². The summed E-state index contributed by atoms with van der Waals surface area (Å²) < 4.78 is 5.53. The molecule has 1 saturated heterocycles. The summed E-state index contributed by atoms with van der Waals surface area (Å²) in [5.41, 5.74) is 2.09. The highest BCUT2D eigenvalue weighted by atomic mass is 16.5. The molecular formula is C25H32N4O2. The fourth-order valence-corrected chi connectivity index (χ4v) is 4.38. The molecular weight excluding hydrogens is 388 g/mol. The van der Waals surface area contributed by atoms with Gasteiger partial charge in [0.25, 0.3) is 5.91 Å². The summed E-state index contributed by atoms with van der Waals surface area (Å²) >= 11 is 0. The first-order valence-electron chi connectivity index (χ1n) is 11.3. The van der Waals surface area contributed by atoms with Crippen LogP contribution in [-0.2, 0) is 4.79 Å². The van der Waals surface area contributed by atoms with Crippen molar-refractivity contribution in [3.05, 3.63) is 60.3 Å². The quantitative estimate of drug-likeness (QED) is 0.683. The zero-order valence-corrected chi connectivity index (χ0v) is 18.4. The van der Waals surface area contributed by atoms with Crippen LogP contribution in [0.2, 0.25) is 0 Å². The Labute approximate surface area is 185 Å². The normalized spacial score (nSPS) is 17.2. The van der Waals surface area contributed by atoms with Gasteiger partial charge in [-0.1, -0.05) is 24.3 Å². The predicted molar refractivity (Wildman–Crippen MR) is 125 cm³/mol. The summed E-state index contributed by atoms with van der Waals surface area (Å²) in [6.07, 6.45) is 8.03. The molecule has 31 heavy (non-hydrogen) atoms. The number of aromatic nitrogens is 1. The lowest BCUT2D eigenvalue weighted by Crippen LogP contribution is -2.49. The number of benzene rings is 1. The summed E-state index contributed by atoms with van der Waals surface area (Å²) in [7, 11) is 1.72. The van der Waals surface area contributed by atoms with Gasteiger partial charge in [0.05, 0.1) is 12.8 Å². The van der Waals surface area contributed by atoms with Crippen LogP contribution in [-0.4, -0.2) is 62.2 Å². The van der Waals surface area contributed by atoms with Gasteiger partial charge in [-0.3, -0.25) is 14.6 Å². The van der Waals surface area contributed by atoms with Crippen molar-refractivity contribution in [1.82, 2.24) is 9.88 Å². The summed E-state index contributed by atoms with van der Waals surface area (Å²) in [6, 6.07) is 14.0. The zero-order chi connectivity index (χ0) is 21.5. The summed E-state index contributed by atoms with van der Waals surface area (Å²) in [4.78, 5) is 24.4. The fraction of sp³-hybridized carbons (Fsp3) is 0.440. The third-order valence-corrected chi connectivity index (χ3v) is 6.17. The second-order valence-corrected chi connectivity index (χ2v) is 8.12. The molecule has 1 aliphatic carbocycles. The number of carbonyl (C=O) groups is 1. The van der Waals surface area contributed by atoms with Crippen LogP contribution < -0.4 is 14.5 Å². The molecule has 4 rings (SSSR count). The van der Waals surface area contributed by atoms with E-state index in [1.165, 1.54) is 6.42 Å². The minimum atomic E-state index is 0.117. The Kier molecular flexibility index (Phi) is 7.20. The maximum atomic E-state index is 13.3. The molecule has 2 heterocycles. The van der Waals surface area contributed by atoms with Crippen molar-refractivity contribution in [2.75, 3.05) is 56.2 Å². The first-order valence-corrected chi connectivity index (χ1v) is 11.3. The van der Waals surface area contributed by atoms with E-state index in [1.807, 2.05) is 35.2 Å². The fourth-order valence-electron chi connectivity index (χ4n) is 4.38. The van der Waals surface area contributed by atoms with E-state index in [0.717, 1.165) is 74.8 Å². The van der Waals surface area contributed by atoms with Crippen LogP contribution >= 0.6 is 0 Å². The van der Waals surface area contributed by atoms with Crippen LogP contribution in [0, 0.1) is 0 Å². The average Bonchev–Trinajstić information content (AvgIpc) is 2.85. The van der Waals surface area contributed by atoms with Crippen LogP contribution in [0.15, 0.2) is 60.3 Å². The minimum absolute atomic E-state index is 0.117. The molecule has 1 amide bonds. The Morgan fingerprint density at radius 2 is 1.87 bits per heavy atom. The van der Waals surface area contributed by atoms with Crippen molar-refractivity contribution in [2.45, 2.75) is 25.7 Å². The molecule has 0 spiro atoms. The third-order valence-electron chi connectivity index (χ3n) is 6.17. The Morgan fingerprint density at radius 1 is 1.06 bits per heavy atom. The van der Waals surface area contributed by atoms with Crippen molar-refractivity contribution in [1.29, 1.82) is 0 Å². The SMILES string of the molecule is COc1ccccc1N1CCN(CCN(C(=O)C2=CCCCC2)c2ccccn2)CC1. The molecule has 0 unspecified atom stereocenters. The molecule has 2 aromatic rings. The lowest BCUT2D eigenvalue weighted by Gasteiger charge is -2.37. The first-order chi connectivity index (χ1) is 15.3. The Morgan fingerprint density at radius 3 is 2.58 bits per heavy atom. The average molecular weight is 421 g/mol. The van der Waals surface area contributed by atoms with E-state index in [1.54, 1.807) is 13.3 Å². The second-order valence-electron chi connectivity index (χ2n) is 8.12. The van der Waals surface area contributed by atoms with Crippen LogP contribution in [0.1, 0.15) is 25.7 Å². The molecule has 6 heteroatoms. The van der Waals surface area contributed by atoms with Crippen LogP contribution in [0.3, 0.4) is 0 Å². The molecule has 0 radical (unpaired) electrons. The van der Waals surface area contributed by atoms with Crippen molar-refractivity contribution in [3.8, 4) is 5.75 Å². The number of nitrogens with zero attached hydrogens (tertiary/aromatic N) is 4. The van der Waals surface area contributed by atoms with Gasteiger partial charge in [-0.15, -0.1) is 0 Å². The van der Waals surface area contributed by atoms with Gasteiger partial charge in [0, 0.05) is 51.0 Å². The molecule has 1 aliphatic heterocycles. The molecule has 164 valence electrons. The van der Waals surface area contributed by atoms with Gasteiger partial charge in [-0.25, -0.2) is 4.98 Å². The maximum Gasteiger partial charge on any atom is 0.255 e. The van der Waals surface area contributed by atoms with E-state index in [2.05, 4.69) is 33.0 Å². The Bertz CT molecular complexity index is 891. The number of para-hydroxylation sites is 2. The Balaban J connectivity index is 1.38. The van der Waals surface area contributed by atoms with Crippen molar-refractivity contribution >= 4 is 17.4 Å². The summed E-state index contributed by atoms with van der Waals surface area (Å²) in [5.74, 6) is 1.78. The van der Waals surface area contributed by atoms with Crippen LogP contribution in [0.25, 0.3) is 0 Å². The first kappa shape index (κ1) is 21.4. The topological polar surface area (TPSA) is 48.9 Å². The van der Waals surface area contributed by atoms with Crippen LogP contribution in [0.5, 0.6) is 5.75 Å². The lowest BCUT2D eigenvalue weighted by molar-refractivity contribution is -0.115. The molecule has 6 nitrogen and oxygen atoms in total. The number of pyridine rings is 1. The van der Waals surface area contributed by atoms with E-state index >= 15 is 0 Å². The largest absolute Gasteiger partial charge is 0.495 e. The number of methoxy groups -OCH3 is 1.